The van der Waals surface area contributed by atoms with Gasteiger partial charge in [-0.1, -0.05) is 6.58 Å². The molecule has 4 heteroatoms. The second kappa shape index (κ2) is 1.80. The largest absolute Gasteiger partial charge is 0.293 e. The van der Waals surface area contributed by atoms with E-state index in [4.69, 9.17) is 0 Å². The number of halogens is 2. The Balaban J connectivity index is 3.81. The van der Waals surface area contributed by atoms with Crippen LogP contribution in [0.5, 0.6) is 0 Å². The van der Waals surface area contributed by atoms with Crippen LogP contribution in [0.4, 0.5) is 8.39 Å². The Morgan fingerprint density at radius 1 is 1.67 bits per heavy atom. The second-order valence-electron chi connectivity index (χ2n) is 0.685. The number of hydrogen-bond donors (Lipinski definition) is 0. The van der Waals surface area contributed by atoms with Gasteiger partial charge in [-0.15, -0.1) is 0 Å². The van der Waals surface area contributed by atoms with E-state index in [0.29, 0.717) is 5.82 Å². The summed E-state index contributed by atoms with van der Waals surface area (Å²) in [6, 6.07) is 0. The fourth-order valence-corrected chi connectivity index (χ4v) is 0. The molecule has 0 aliphatic rings. The summed E-state index contributed by atoms with van der Waals surface area (Å²) in [5, 5.41) is 0. The van der Waals surface area contributed by atoms with Gasteiger partial charge in [0, 0.05) is 5.82 Å². The molecule has 0 radical (unpaired) electrons. The van der Waals surface area contributed by atoms with E-state index >= 15 is 0 Å². The van der Waals surface area contributed by atoms with Crippen molar-refractivity contribution >= 4 is 18.5 Å². The predicted octanol–water partition coefficient (Wildman–Crippen LogP) is 2.38. The second-order valence-corrected chi connectivity index (χ2v) is 3.52. The maximum absolute atomic E-state index is 11.3. The van der Waals surface area contributed by atoms with Gasteiger partial charge in [-0.25, -0.2) is 0 Å². The van der Waals surface area contributed by atoms with Crippen molar-refractivity contribution in [2.75, 3.05) is 0 Å². The quantitative estimate of drug-likeness (QED) is 0.488. The molecule has 0 fully saturated rings. The highest BCUT2D eigenvalue weighted by atomic mass is 32.5. The van der Waals surface area contributed by atoms with E-state index in [0.717, 1.165) is 0 Å². The van der Waals surface area contributed by atoms with E-state index in [1.54, 1.807) is 0 Å². The molecule has 0 aliphatic carbocycles. The molecule has 0 aromatic heterocycles. The molecule has 0 saturated carbocycles. The topological polar surface area (TPSA) is 0 Å². The Hall–Kier alpha value is 0.250. The molecule has 0 nitrogen and oxygen atoms in total. The highest BCUT2D eigenvalue weighted by Gasteiger charge is 2.02. The highest BCUT2D eigenvalue weighted by Crippen LogP contribution is 2.50. The molecule has 0 spiro atoms. The average molecular weight is 128 g/mol. The van der Waals surface area contributed by atoms with E-state index in [2.05, 4.69) is 18.4 Å². The summed E-state index contributed by atoms with van der Waals surface area (Å²) >= 11 is 3.65. The van der Waals surface area contributed by atoms with Gasteiger partial charge >= 0.3 is 0 Å². The van der Waals surface area contributed by atoms with Gasteiger partial charge in [0.2, 0.25) is 0 Å². The third kappa shape index (κ3) is 4.25. The molecular weight excluding hydrogens is 125 g/mol. The van der Waals surface area contributed by atoms with Gasteiger partial charge in [0.15, 0.2) is 0 Å². The SMILES string of the molecule is C=CP(F)(F)=S. The molecule has 0 rings (SSSR count). The first-order chi connectivity index (χ1) is 2.56. The molecule has 0 bridgehead atoms. The Morgan fingerprint density at radius 2 is 1.83 bits per heavy atom. The lowest BCUT2D eigenvalue weighted by atomic mass is 11.3. The minimum atomic E-state index is -4.05. The fraction of sp³-hybridized carbons (Fsp3) is 0. The maximum atomic E-state index is 11.3. The Kier molecular flexibility index (Phi) is 1.88. The van der Waals surface area contributed by atoms with Crippen LogP contribution in [0.25, 0.3) is 0 Å². The van der Waals surface area contributed by atoms with Gasteiger partial charge in [0.1, 0.15) is 0 Å². The smallest absolute Gasteiger partial charge is 0.177 e. The minimum Gasteiger partial charge on any atom is -0.177 e. The summed E-state index contributed by atoms with van der Waals surface area (Å²) in [4.78, 5) is 0. The van der Waals surface area contributed by atoms with Crippen LogP contribution in [0.2, 0.25) is 0 Å². The van der Waals surface area contributed by atoms with Crippen LogP contribution >= 0.6 is 6.66 Å². The lowest BCUT2D eigenvalue weighted by molar-refractivity contribution is 0.758. The van der Waals surface area contributed by atoms with E-state index < -0.39 is 6.66 Å². The van der Waals surface area contributed by atoms with Crippen molar-refractivity contribution < 1.29 is 8.39 Å². The van der Waals surface area contributed by atoms with E-state index in [9.17, 15) is 8.39 Å². The third-order valence-corrected chi connectivity index (χ3v) is 1.08. The molecule has 36 valence electrons. The normalized spacial score (nSPS) is 11.0. The number of hydrogen-bond acceptors (Lipinski definition) is 1. The maximum Gasteiger partial charge on any atom is 0.293 e. The van der Waals surface area contributed by atoms with Gasteiger partial charge in [0.05, 0.1) is 0 Å². The lowest BCUT2D eigenvalue weighted by Crippen LogP contribution is -1.40. The summed E-state index contributed by atoms with van der Waals surface area (Å²) in [6.07, 6.45) is 0. The molecule has 0 amide bonds. The van der Waals surface area contributed by atoms with Crippen molar-refractivity contribution in [3.8, 4) is 0 Å². The van der Waals surface area contributed by atoms with Gasteiger partial charge < -0.3 is 0 Å². The summed E-state index contributed by atoms with van der Waals surface area (Å²) in [5.74, 6) is 0.530. The Bertz CT molecular complexity index is 93.7. The lowest BCUT2D eigenvalue weighted by Gasteiger charge is -1.83. The van der Waals surface area contributed by atoms with Crippen LogP contribution in [0.1, 0.15) is 0 Å². The third-order valence-electron chi connectivity index (χ3n) is 0.213. The Morgan fingerprint density at radius 3 is 1.83 bits per heavy atom. The molecule has 0 aromatic rings. The van der Waals surface area contributed by atoms with Crippen LogP contribution in [-0.4, -0.2) is 0 Å². The van der Waals surface area contributed by atoms with Crippen molar-refractivity contribution in [3.05, 3.63) is 12.4 Å². The molecule has 0 saturated heterocycles. The molecule has 0 aliphatic heterocycles. The molecule has 0 heterocycles. The first-order valence-corrected chi connectivity index (χ1v) is 3.84. The first kappa shape index (κ1) is 6.25. The summed E-state index contributed by atoms with van der Waals surface area (Å²) in [7, 11) is 0. The predicted molar refractivity (Wildman–Crippen MR) is 26.7 cm³/mol. The minimum absolute atomic E-state index is 0.530. The van der Waals surface area contributed by atoms with Crippen LogP contribution in [0, 0.1) is 0 Å². The van der Waals surface area contributed by atoms with Gasteiger partial charge in [-0.3, -0.25) is 0 Å². The molecule has 0 aromatic carbocycles. The zero-order chi connectivity index (χ0) is 5.21. The highest BCUT2D eigenvalue weighted by molar-refractivity contribution is 8.11. The van der Waals surface area contributed by atoms with Crippen LogP contribution < -0.4 is 0 Å². The van der Waals surface area contributed by atoms with E-state index in [-0.39, 0.29) is 0 Å². The average Bonchev–Trinajstić information content (AvgIpc) is 1.35. The van der Waals surface area contributed by atoms with Crippen LogP contribution in [0.3, 0.4) is 0 Å². The molecule has 0 atom stereocenters. The Labute approximate surface area is 40.1 Å². The number of rotatable bonds is 1. The van der Waals surface area contributed by atoms with Crippen molar-refractivity contribution in [3.63, 3.8) is 0 Å². The molecule has 0 unspecified atom stereocenters. The molecule has 0 N–H and O–H groups in total. The van der Waals surface area contributed by atoms with Gasteiger partial charge in [0.25, 0.3) is 6.66 Å². The standard InChI is InChI=1S/C2H3F2PS/c1-2-5(3,4)6/h2H,1H2. The zero-order valence-electron chi connectivity index (χ0n) is 2.90. The first-order valence-electron chi connectivity index (χ1n) is 1.19. The van der Waals surface area contributed by atoms with Crippen molar-refractivity contribution in [1.82, 2.24) is 0 Å². The van der Waals surface area contributed by atoms with Crippen molar-refractivity contribution in [2.24, 2.45) is 0 Å². The fourth-order valence-electron chi connectivity index (χ4n) is 0. The monoisotopic (exact) mass is 128 g/mol. The van der Waals surface area contributed by atoms with Crippen LogP contribution in [-0.2, 0) is 11.8 Å². The zero-order valence-corrected chi connectivity index (χ0v) is 4.61. The van der Waals surface area contributed by atoms with Gasteiger partial charge in [-0.2, -0.15) is 8.39 Å². The van der Waals surface area contributed by atoms with E-state index in [1.807, 2.05) is 0 Å². The summed E-state index contributed by atoms with van der Waals surface area (Å²) in [5.41, 5.74) is 0. The van der Waals surface area contributed by atoms with Gasteiger partial charge in [-0.05, 0) is 11.8 Å². The molecule has 6 heavy (non-hydrogen) atoms. The summed E-state index contributed by atoms with van der Waals surface area (Å²) < 4.78 is 22.5. The van der Waals surface area contributed by atoms with E-state index in [1.165, 1.54) is 0 Å². The van der Waals surface area contributed by atoms with Crippen molar-refractivity contribution in [2.45, 2.75) is 0 Å². The molecular formula is C2H3F2PS. The van der Waals surface area contributed by atoms with Crippen molar-refractivity contribution in [1.29, 1.82) is 0 Å². The van der Waals surface area contributed by atoms with Crippen LogP contribution in [0.15, 0.2) is 12.4 Å². The summed E-state index contributed by atoms with van der Waals surface area (Å²) in [6.45, 7) is -1.22.